The first-order valence-electron chi connectivity index (χ1n) is 7.59. The predicted molar refractivity (Wildman–Crippen MR) is 94.3 cm³/mol. The number of phenols is 1. The fourth-order valence-electron chi connectivity index (χ4n) is 2.18. The van der Waals surface area contributed by atoms with Crippen LogP contribution < -0.4 is 10.6 Å². The van der Waals surface area contributed by atoms with E-state index in [1.54, 1.807) is 37.3 Å². The quantitative estimate of drug-likeness (QED) is 0.575. The monoisotopic (exact) mass is 346 g/mol. The number of rotatable bonds is 5. The minimum atomic E-state index is -0.704. The molecular formula is C18H19ClN2O3. The molecule has 24 heavy (non-hydrogen) atoms. The summed E-state index contributed by atoms with van der Waals surface area (Å²) in [6.07, 6.45) is 1.45. The Bertz CT molecular complexity index is 730. The number of phenolic OH excluding ortho intramolecular Hbond substituents is 1. The Morgan fingerprint density at radius 1 is 1.08 bits per heavy atom. The second-order valence-corrected chi connectivity index (χ2v) is 5.88. The van der Waals surface area contributed by atoms with Gasteiger partial charge in [0.05, 0.1) is 0 Å². The van der Waals surface area contributed by atoms with E-state index < -0.39 is 11.8 Å². The molecule has 0 saturated heterocycles. The fourth-order valence-corrected chi connectivity index (χ4v) is 2.41. The Morgan fingerprint density at radius 3 is 2.46 bits per heavy atom. The third-order valence-electron chi connectivity index (χ3n) is 3.51. The summed E-state index contributed by atoms with van der Waals surface area (Å²) in [6, 6.07) is 11.9. The minimum Gasteiger partial charge on any atom is -0.508 e. The maximum atomic E-state index is 11.9. The van der Waals surface area contributed by atoms with Crippen LogP contribution in [-0.4, -0.2) is 23.5 Å². The second-order valence-electron chi connectivity index (χ2n) is 5.44. The van der Waals surface area contributed by atoms with Crippen LogP contribution in [0.3, 0.4) is 0 Å². The van der Waals surface area contributed by atoms with Crippen molar-refractivity contribution >= 4 is 29.1 Å². The van der Waals surface area contributed by atoms with Gasteiger partial charge in [0, 0.05) is 17.3 Å². The number of aryl methyl sites for hydroxylation is 2. The molecule has 0 atom stereocenters. The topological polar surface area (TPSA) is 78.4 Å². The van der Waals surface area contributed by atoms with Crippen molar-refractivity contribution in [3.05, 3.63) is 58.6 Å². The summed E-state index contributed by atoms with van der Waals surface area (Å²) in [5.74, 6) is -1.15. The number of aromatic hydroxyl groups is 1. The Hall–Kier alpha value is -2.53. The normalized spacial score (nSPS) is 10.2. The molecule has 6 heteroatoms. The van der Waals surface area contributed by atoms with Crippen molar-refractivity contribution in [3.8, 4) is 5.75 Å². The van der Waals surface area contributed by atoms with Gasteiger partial charge in [0.25, 0.3) is 0 Å². The zero-order chi connectivity index (χ0) is 17.5. The van der Waals surface area contributed by atoms with Crippen LogP contribution >= 0.6 is 11.6 Å². The van der Waals surface area contributed by atoms with Crippen LogP contribution in [0.15, 0.2) is 42.5 Å². The van der Waals surface area contributed by atoms with Crippen molar-refractivity contribution in [1.29, 1.82) is 0 Å². The Labute approximate surface area is 145 Å². The molecule has 2 rings (SSSR count). The van der Waals surface area contributed by atoms with E-state index in [0.29, 0.717) is 23.7 Å². The van der Waals surface area contributed by atoms with Crippen molar-refractivity contribution < 1.29 is 14.7 Å². The van der Waals surface area contributed by atoms with Crippen LogP contribution in [0.5, 0.6) is 5.75 Å². The smallest absolute Gasteiger partial charge is 0.313 e. The van der Waals surface area contributed by atoms with Crippen LogP contribution in [0, 0.1) is 6.92 Å². The molecule has 126 valence electrons. The number of halogens is 1. The van der Waals surface area contributed by atoms with Gasteiger partial charge in [0.15, 0.2) is 0 Å². The number of anilines is 1. The van der Waals surface area contributed by atoms with E-state index in [2.05, 4.69) is 10.6 Å². The largest absolute Gasteiger partial charge is 0.508 e. The van der Waals surface area contributed by atoms with Gasteiger partial charge in [-0.15, -0.1) is 0 Å². The van der Waals surface area contributed by atoms with Gasteiger partial charge in [-0.3, -0.25) is 9.59 Å². The van der Waals surface area contributed by atoms with E-state index in [-0.39, 0.29) is 5.75 Å². The van der Waals surface area contributed by atoms with E-state index in [0.717, 1.165) is 17.5 Å². The van der Waals surface area contributed by atoms with Crippen LogP contribution in [0.2, 0.25) is 5.02 Å². The van der Waals surface area contributed by atoms with Crippen LogP contribution in [-0.2, 0) is 16.0 Å². The molecule has 0 radical (unpaired) electrons. The number of carbonyl (C=O) groups excluding carboxylic acids is 2. The highest BCUT2D eigenvalue weighted by Crippen LogP contribution is 2.19. The SMILES string of the molecule is Cc1cc(Cl)ccc1NC(=O)C(=O)NCCCc1ccc(O)cc1. The van der Waals surface area contributed by atoms with Gasteiger partial charge >= 0.3 is 11.8 Å². The molecule has 2 aromatic rings. The molecule has 2 aromatic carbocycles. The van der Waals surface area contributed by atoms with E-state index in [9.17, 15) is 14.7 Å². The van der Waals surface area contributed by atoms with E-state index >= 15 is 0 Å². The van der Waals surface area contributed by atoms with Crippen LogP contribution in [0.4, 0.5) is 5.69 Å². The molecule has 0 aromatic heterocycles. The second kappa shape index (κ2) is 8.36. The molecule has 0 aliphatic heterocycles. The number of nitrogens with one attached hydrogen (secondary N) is 2. The average Bonchev–Trinajstić information content (AvgIpc) is 2.55. The molecule has 0 aliphatic carbocycles. The van der Waals surface area contributed by atoms with Crippen molar-refractivity contribution in [1.82, 2.24) is 5.32 Å². The van der Waals surface area contributed by atoms with Gasteiger partial charge in [-0.2, -0.15) is 0 Å². The van der Waals surface area contributed by atoms with E-state index in [1.807, 2.05) is 12.1 Å². The molecule has 0 aliphatic rings. The maximum absolute atomic E-state index is 11.9. The maximum Gasteiger partial charge on any atom is 0.313 e. The van der Waals surface area contributed by atoms with Crippen molar-refractivity contribution in [2.75, 3.05) is 11.9 Å². The summed E-state index contributed by atoms with van der Waals surface area (Å²) in [5.41, 5.74) is 2.41. The summed E-state index contributed by atoms with van der Waals surface area (Å²) in [6.45, 7) is 2.20. The zero-order valence-corrected chi connectivity index (χ0v) is 14.1. The number of carbonyl (C=O) groups is 2. The highest BCUT2D eigenvalue weighted by atomic mass is 35.5. The van der Waals surface area contributed by atoms with Crippen LogP contribution in [0.1, 0.15) is 17.5 Å². The van der Waals surface area contributed by atoms with Gasteiger partial charge in [0.2, 0.25) is 0 Å². The lowest BCUT2D eigenvalue weighted by molar-refractivity contribution is -0.136. The standard InChI is InChI=1S/C18H19ClN2O3/c1-12-11-14(19)6-9-16(12)21-18(24)17(23)20-10-2-3-13-4-7-15(22)8-5-13/h4-9,11,22H,2-3,10H2,1H3,(H,20,23)(H,21,24). The first-order valence-corrected chi connectivity index (χ1v) is 7.97. The molecule has 0 saturated carbocycles. The van der Waals surface area contributed by atoms with Crippen LogP contribution in [0.25, 0.3) is 0 Å². The van der Waals surface area contributed by atoms with E-state index in [1.165, 1.54) is 0 Å². The number of hydrogen-bond donors (Lipinski definition) is 3. The van der Waals surface area contributed by atoms with E-state index in [4.69, 9.17) is 11.6 Å². The van der Waals surface area contributed by atoms with Gasteiger partial charge in [-0.05, 0) is 61.2 Å². The summed E-state index contributed by atoms with van der Waals surface area (Å²) >= 11 is 5.85. The van der Waals surface area contributed by atoms with Gasteiger partial charge in [-0.25, -0.2) is 0 Å². The Balaban J connectivity index is 1.75. The summed E-state index contributed by atoms with van der Waals surface area (Å²) in [5, 5.41) is 14.9. The molecule has 0 fully saturated rings. The van der Waals surface area contributed by atoms with Crippen molar-refractivity contribution in [2.45, 2.75) is 19.8 Å². The molecule has 2 amide bonds. The fraction of sp³-hybridized carbons (Fsp3) is 0.222. The van der Waals surface area contributed by atoms with Crippen molar-refractivity contribution in [2.24, 2.45) is 0 Å². The molecule has 0 spiro atoms. The van der Waals surface area contributed by atoms with Gasteiger partial charge in [0.1, 0.15) is 5.75 Å². The Morgan fingerprint density at radius 2 is 1.79 bits per heavy atom. The minimum absolute atomic E-state index is 0.223. The van der Waals surface area contributed by atoms with Crippen molar-refractivity contribution in [3.63, 3.8) is 0 Å². The molecule has 0 heterocycles. The lowest BCUT2D eigenvalue weighted by Crippen LogP contribution is -2.36. The highest BCUT2D eigenvalue weighted by Gasteiger charge is 2.14. The summed E-state index contributed by atoms with van der Waals surface area (Å²) in [4.78, 5) is 23.7. The number of benzene rings is 2. The predicted octanol–water partition coefficient (Wildman–Crippen LogP) is 3.04. The lowest BCUT2D eigenvalue weighted by atomic mass is 10.1. The average molecular weight is 347 g/mol. The summed E-state index contributed by atoms with van der Waals surface area (Å²) in [7, 11) is 0. The van der Waals surface area contributed by atoms with Gasteiger partial charge in [-0.1, -0.05) is 23.7 Å². The number of hydrogen-bond acceptors (Lipinski definition) is 3. The molecule has 5 nitrogen and oxygen atoms in total. The third-order valence-corrected chi connectivity index (χ3v) is 3.74. The Kier molecular flexibility index (Phi) is 6.21. The van der Waals surface area contributed by atoms with Gasteiger partial charge < -0.3 is 15.7 Å². The lowest BCUT2D eigenvalue weighted by Gasteiger charge is -2.09. The molecule has 0 bridgehead atoms. The summed E-state index contributed by atoms with van der Waals surface area (Å²) < 4.78 is 0. The first kappa shape index (κ1) is 17.8. The first-order chi connectivity index (χ1) is 11.5. The molecular weight excluding hydrogens is 328 g/mol. The number of amides is 2. The zero-order valence-electron chi connectivity index (χ0n) is 13.3. The highest BCUT2D eigenvalue weighted by molar-refractivity contribution is 6.39. The molecule has 3 N–H and O–H groups in total. The third kappa shape index (κ3) is 5.28. The molecule has 0 unspecified atom stereocenters.